The van der Waals surface area contributed by atoms with Gasteiger partial charge >= 0.3 is 12.1 Å². The Labute approximate surface area is 309 Å². The molecule has 0 aromatic heterocycles. The van der Waals surface area contributed by atoms with Gasteiger partial charge in [0.2, 0.25) is 5.91 Å². The lowest BCUT2D eigenvalue weighted by Crippen LogP contribution is -2.46. The highest BCUT2D eigenvalue weighted by Crippen LogP contribution is 2.22. The maximum absolute atomic E-state index is 13.7. The first-order valence-electron chi connectivity index (χ1n) is 18.7. The average molecular weight is 727 g/mol. The third kappa shape index (κ3) is 17.8. The fourth-order valence-electron chi connectivity index (χ4n) is 5.95. The second-order valence-electron chi connectivity index (χ2n) is 15.3. The molecular weight excluding hydrogens is 664 g/mol. The van der Waals surface area contributed by atoms with Crippen LogP contribution in [0.15, 0.2) is 36.4 Å². The first kappa shape index (κ1) is 43.9. The van der Waals surface area contributed by atoms with Gasteiger partial charge in [-0.3, -0.25) is 24.1 Å². The van der Waals surface area contributed by atoms with Gasteiger partial charge in [0.1, 0.15) is 6.61 Å². The van der Waals surface area contributed by atoms with E-state index in [4.69, 9.17) is 10.5 Å². The topological polar surface area (TPSA) is 189 Å². The monoisotopic (exact) mass is 726 g/mol. The van der Waals surface area contributed by atoms with Crippen molar-refractivity contribution >= 4 is 41.3 Å². The molecule has 13 nitrogen and oxygen atoms in total. The van der Waals surface area contributed by atoms with Crippen molar-refractivity contribution in [2.75, 3.05) is 25.0 Å². The lowest BCUT2D eigenvalue weighted by Gasteiger charge is -2.27. The Morgan fingerprint density at radius 3 is 2.10 bits per heavy atom. The smallest absolute Gasteiger partial charge is 0.407 e. The number of rotatable bonds is 24. The Balaban J connectivity index is 1.89. The van der Waals surface area contributed by atoms with E-state index in [1.165, 1.54) is 17.1 Å². The number of ketones is 1. The lowest BCUT2D eigenvalue weighted by atomic mass is 9.89. The van der Waals surface area contributed by atoms with E-state index >= 15 is 0 Å². The van der Waals surface area contributed by atoms with E-state index < -0.39 is 24.1 Å². The largest absolute Gasteiger partial charge is 0.445 e. The maximum Gasteiger partial charge on any atom is 0.407 e. The minimum Gasteiger partial charge on any atom is -0.445 e. The van der Waals surface area contributed by atoms with Gasteiger partial charge in [0.05, 0.1) is 6.04 Å². The Kier molecular flexibility index (Phi) is 19.1. The molecule has 0 saturated heterocycles. The molecular formula is C39H62N6O7. The molecule has 290 valence electrons. The average Bonchev–Trinajstić information content (AvgIpc) is 3.39. The summed E-state index contributed by atoms with van der Waals surface area (Å²) in [7, 11) is 0. The molecule has 1 heterocycles. The number of nitrogens with one attached hydrogen (secondary N) is 4. The summed E-state index contributed by atoms with van der Waals surface area (Å²) in [4.78, 5) is 75.2. The second kappa shape index (κ2) is 22.6. The summed E-state index contributed by atoms with van der Waals surface area (Å²) in [6.07, 6.45) is 9.19. The van der Waals surface area contributed by atoms with E-state index in [9.17, 15) is 28.8 Å². The van der Waals surface area contributed by atoms with Crippen molar-refractivity contribution in [2.45, 2.75) is 124 Å². The zero-order valence-corrected chi connectivity index (χ0v) is 32.1. The van der Waals surface area contributed by atoms with Crippen LogP contribution in [0.3, 0.4) is 0 Å². The van der Waals surface area contributed by atoms with Crippen LogP contribution in [0.2, 0.25) is 0 Å². The molecule has 52 heavy (non-hydrogen) atoms. The summed E-state index contributed by atoms with van der Waals surface area (Å²) in [6.45, 7) is 13.9. The molecule has 1 aliphatic heterocycles. The summed E-state index contributed by atoms with van der Waals surface area (Å²) in [6, 6.07) is 5.92. The van der Waals surface area contributed by atoms with E-state index in [1.54, 1.807) is 24.3 Å². The Morgan fingerprint density at radius 2 is 1.48 bits per heavy atom. The van der Waals surface area contributed by atoms with E-state index in [1.807, 2.05) is 20.8 Å². The molecule has 0 aliphatic carbocycles. The van der Waals surface area contributed by atoms with Gasteiger partial charge in [-0.2, -0.15) is 0 Å². The molecule has 1 aromatic carbocycles. The predicted molar refractivity (Wildman–Crippen MR) is 202 cm³/mol. The maximum atomic E-state index is 13.7. The summed E-state index contributed by atoms with van der Waals surface area (Å²) in [5, 5.41) is 11.7. The van der Waals surface area contributed by atoms with Crippen LogP contribution in [0, 0.1) is 17.3 Å². The highest BCUT2D eigenvalue weighted by atomic mass is 16.5. The van der Waals surface area contributed by atoms with Crippen LogP contribution in [0.5, 0.6) is 0 Å². The SMILES string of the molecule is CC(CCCCCN1C(=O)C=CC1=O)N[C@H](C(=O)C[C@@H](CCCNC(N)=O)C(=O)Nc1ccc(COC(=O)NCCCCC(C)(C)C)cc1)C(C)C. The van der Waals surface area contributed by atoms with Gasteiger partial charge in [-0.25, -0.2) is 9.59 Å². The zero-order valence-electron chi connectivity index (χ0n) is 32.1. The van der Waals surface area contributed by atoms with Crippen molar-refractivity contribution in [3.05, 3.63) is 42.0 Å². The van der Waals surface area contributed by atoms with Gasteiger partial charge in [-0.1, -0.05) is 66.0 Å². The number of ether oxygens (including phenoxy) is 1. The van der Waals surface area contributed by atoms with Crippen molar-refractivity contribution in [3.8, 4) is 0 Å². The van der Waals surface area contributed by atoms with Crippen LogP contribution in [0.4, 0.5) is 15.3 Å². The van der Waals surface area contributed by atoms with Gasteiger partial charge in [0, 0.05) is 55.9 Å². The van der Waals surface area contributed by atoms with Gasteiger partial charge < -0.3 is 31.7 Å². The number of alkyl carbamates (subject to hydrolysis) is 1. The Morgan fingerprint density at radius 1 is 0.827 bits per heavy atom. The van der Waals surface area contributed by atoms with Crippen molar-refractivity contribution in [2.24, 2.45) is 23.0 Å². The minimum atomic E-state index is -0.650. The molecule has 0 bridgehead atoms. The number of hydrogen-bond donors (Lipinski definition) is 5. The van der Waals surface area contributed by atoms with E-state index in [2.05, 4.69) is 42.0 Å². The Hall–Kier alpha value is -4.26. The summed E-state index contributed by atoms with van der Waals surface area (Å²) in [5.41, 5.74) is 6.78. The molecule has 6 amide bonds. The highest BCUT2D eigenvalue weighted by molar-refractivity contribution is 6.12. The van der Waals surface area contributed by atoms with Crippen molar-refractivity contribution < 1.29 is 33.5 Å². The molecule has 3 atom stereocenters. The molecule has 13 heteroatoms. The number of primary amides is 1. The van der Waals surface area contributed by atoms with E-state index in [0.29, 0.717) is 38.0 Å². The highest BCUT2D eigenvalue weighted by Gasteiger charge is 2.29. The number of nitrogens with two attached hydrogens (primary N) is 1. The molecule has 1 aliphatic rings. The van der Waals surface area contributed by atoms with Gasteiger partial charge in [-0.05, 0) is 74.5 Å². The van der Waals surface area contributed by atoms with Gasteiger partial charge in [-0.15, -0.1) is 0 Å². The molecule has 0 spiro atoms. The molecule has 0 saturated carbocycles. The third-order valence-corrected chi connectivity index (χ3v) is 8.96. The van der Waals surface area contributed by atoms with Crippen molar-refractivity contribution in [3.63, 3.8) is 0 Å². The number of carbonyl (C=O) groups is 6. The van der Waals surface area contributed by atoms with Crippen LogP contribution in [-0.4, -0.2) is 72.2 Å². The number of unbranched alkanes of at least 4 members (excludes halogenated alkanes) is 3. The number of anilines is 1. The lowest BCUT2D eigenvalue weighted by molar-refractivity contribution is -0.136. The van der Waals surface area contributed by atoms with Gasteiger partial charge in [0.25, 0.3) is 11.8 Å². The molecule has 6 N–H and O–H groups in total. The zero-order chi connectivity index (χ0) is 38.7. The number of carbonyl (C=O) groups excluding carboxylic acids is 6. The number of hydrogen-bond acceptors (Lipinski definition) is 8. The van der Waals surface area contributed by atoms with Crippen LogP contribution in [-0.2, 0) is 30.5 Å². The number of benzene rings is 1. The van der Waals surface area contributed by atoms with Crippen LogP contribution >= 0.6 is 0 Å². The van der Waals surface area contributed by atoms with Crippen molar-refractivity contribution in [1.29, 1.82) is 0 Å². The third-order valence-electron chi connectivity index (χ3n) is 8.96. The normalized spacial score (nSPS) is 14.6. The molecule has 0 fully saturated rings. The number of Topliss-reactive ketones (excluding diaryl/α,β-unsaturated/α-hetero) is 1. The van der Waals surface area contributed by atoms with Crippen LogP contribution in [0.25, 0.3) is 0 Å². The standard InChI is InChI=1S/C39H62N6O7/c1-27(2)35(43-28(3)13-8-7-11-24-45-33(47)19-20-34(45)48)32(46)25-30(14-12-23-41-37(40)50)36(49)44-31-17-15-29(16-18-31)26-52-38(51)42-22-10-9-21-39(4,5)6/h15-20,27-28,30,35,43H,7-14,21-26H2,1-6H3,(H,42,51)(H,44,49)(H3,40,41,50)/t28?,30-,35+/m1/s1. The van der Waals surface area contributed by atoms with Crippen LogP contribution in [0.1, 0.15) is 111 Å². The summed E-state index contributed by atoms with van der Waals surface area (Å²) >= 11 is 0. The summed E-state index contributed by atoms with van der Waals surface area (Å²) in [5.74, 6) is -1.56. The predicted octanol–water partition coefficient (Wildman–Crippen LogP) is 5.58. The van der Waals surface area contributed by atoms with E-state index in [0.717, 1.165) is 44.1 Å². The minimum absolute atomic E-state index is 0.0137. The van der Waals surface area contributed by atoms with Gasteiger partial charge in [0.15, 0.2) is 5.78 Å². The first-order valence-corrected chi connectivity index (χ1v) is 18.7. The quantitative estimate of drug-likeness (QED) is 0.0674. The number of nitrogens with zero attached hydrogens (tertiary/aromatic N) is 1. The molecule has 1 unspecified atom stereocenters. The molecule has 0 radical (unpaired) electrons. The van der Waals surface area contributed by atoms with Crippen molar-refractivity contribution in [1.82, 2.24) is 20.9 Å². The summed E-state index contributed by atoms with van der Waals surface area (Å²) < 4.78 is 5.33. The fourth-order valence-corrected chi connectivity index (χ4v) is 5.95. The second-order valence-corrected chi connectivity index (χ2v) is 15.3. The number of amides is 6. The molecule has 1 aromatic rings. The van der Waals surface area contributed by atoms with Crippen LogP contribution < -0.4 is 27.0 Å². The van der Waals surface area contributed by atoms with E-state index in [-0.39, 0.29) is 60.5 Å². The Bertz CT molecular complexity index is 1340. The number of imide groups is 1. The number of urea groups is 1. The fraction of sp³-hybridized carbons (Fsp3) is 0.641. The molecule has 2 rings (SSSR count). The first-order chi connectivity index (χ1) is 24.6.